The predicted octanol–water partition coefficient (Wildman–Crippen LogP) is 2.80. The Balaban J connectivity index is 2.12. The number of amides is 1. The summed E-state index contributed by atoms with van der Waals surface area (Å²) in [4.78, 5) is 14.2. The lowest BCUT2D eigenvalue weighted by atomic mass is 10.2. The number of sulfone groups is 1. The molecule has 2 aromatic rings. The van der Waals surface area contributed by atoms with Gasteiger partial charge >= 0.3 is 0 Å². The fraction of sp³-hybridized carbons (Fsp3) is 0.286. The van der Waals surface area contributed by atoms with E-state index in [0.717, 1.165) is 6.26 Å². The molecule has 0 atom stereocenters. The number of benzene rings is 2. The van der Waals surface area contributed by atoms with Crippen molar-refractivity contribution in [2.75, 3.05) is 31.3 Å². The highest BCUT2D eigenvalue weighted by Crippen LogP contribution is 2.19. The lowest BCUT2D eigenvalue weighted by molar-refractivity contribution is -0.113. The molecule has 0 bridgehead atoms. The van der Waals surface area contributed by atoms with Crippen molar-refractivity contribution in [3.05, 3.63) is 60.2 Å². The third kappa shape index (κ3) is 5.56. The normalized spacial score (nSPS) is 12.4. The van der Waals surface area contributed by atoms with E-state index in [0.29, 0.717) is 24.3 Å². The van der Waals surface area contributed by atoms with Gasteiger partial charge in [0.05, 0.1) is 9.79 Å². The molecule has 0 fully saturated rings. The summed E-state index contributed by atoms with van der Waals surface area (Å²) in [5.41, 5.74) is 1.24. The van der Waals surface area contributed by atoms with Crippen LogP contribution < -0.4 is 4.90 Å². The first kappa shape index (κ1) is 23.8. The summed E-state index contributed by atoms with van der Waals surface area (Å²) < 4.78 is 49.5. The predicted molar refractivity (Wildman–Crippen MR) is 119 cm³/mol. The third-order valence-corrected chi connectivity index (χ3v) is 7.82. The van der Waals surface area contributed by atoms with Crippen LogP contribution in [0.2, 0.25) is 0 Å². The molecule has 7 nitrogen and oxygen atoms in total. The number of carbonyl (C=O) groups excluding carboxylic acids is 1. The SMILES string of the molecule is CCN(CC)S(=O)(=O)c1ccc(/C=C/C(=O)N(C)c2ccc(S(C)(=O)=O)cc2)cc1. The van der Waals surface area contributed by atoms with Crippen LogP contribution in [0.1, 0.15) is 19.4 Å². The van der Waals surface area contributed by atoms with E-state index in [1.54, 1.807) is 51.2 Å². The molecule has 0 N–H and O–H groups in total. The molecular weight excluding hydrogens is 424 g/mol. The zero-order valence-electron chi connectivity index (χ0n) is 17.4. The molecule has 0 radical (unpaired) electrons. The van der Waals surface area contributed by atoms with Crippen LogP contribution in [0.3, 0.4) is 0 Å². The fourth-order valence-corrected chi connectivity index (χ4v) is 4.88. The van der Waals surface area contributed by atoms with Gasteiger partial charge in [0.15, 0.2) is 9.84 Å². The molecule has 0 aliphatic carbocycles. The lowest BCUT2D eigenvalue weighted by Crippen LogP contribution is -2.30. The van der Waals surface area contributed by atoms with Crippen LogP contribution in [-0.2, 0) is 24.7 Å². The van der Waals surface area contributed by atoms with Crippen LogP contribution in [0.5, 0.6) is 0 Å². The molecule has 162 valence electrons. The molecule has 0 heterocycles. The summed E-state index contributed by atoms with van der Waals surface area (Å²) in [5.74, 6) is -0.304. The van der Waals surface area contributed by atoms with Gasteiger partial charge in [0.1, 0.15) is 0 Å². The Morgan fingerprint density at radius 3 is 1.83 bits per heavy atom. The summed E-state index contributed by atoms with van der Waals surface area (Å²) >= 11 is 0. The average Bonchev–Trinajstić information content (AvgIpc) is 2.72. The number of carbonyl (C=O) groups is 1. The Morgan fingerprint density at radius 1 is 0.867 bits per heavy atom. The third-order valence-electron chi connectivity index (χ3n) is 4.62. The summed E-state index contributed by atoms with van der Waals surface area (Å²) in [6, 6.07) is 12.4. The van der Waals surface area contributed by atoms with Gasteiger partial charge in [0, 0.05) is 38.2 Å². The maximum Gasteiger partial charge on any atom is 0.250 e. The molecule has 0 spiro atoms. The summed E-state index contributed by atoms with van der Waals surface area (Å²) in [6.45, 7) is 4.36. The van der Waals surface area contributed by atoms with Gasteiger partial charge in [-0.1, -0.05) is 26.0 Å². The highest BCUT2D eigenvalue weighted by Gasteiger charge is 2.21. The highest BCUT2D eigenvalue weighted by molar-refractivity contribution is 7.90. The van der Waals surface area contributed by atoms with Crippen LogP contribution in [0.25, 0.3) is 6.08 Å². The van der Waals surface area contributed by atoms with E-state index < -0.39 is 19.9 Å². The van der Waals surface area contributed by atoms with Gasteiger partial charge in [-0.05, 0) is 48.0 Å². The van der Waals surface area contributed by atoms with Crippen molar-refractivity contribution in [1.82, 2.24) is 4.31 Å². The van der Waals surface area contributed by atoms with Crippen LogP contribution in [0, 0.1) is 0 Å². The Bertz CT molecular complexity index is 1120. The number of likely N-dealkylation sites (N-methyl/N-ethyl adjacent to an activating group) is 1. The van der Waals surface area contributed by atoms with Crippen LogP contribution in [0.15, 0.2) is 64.4 Å². The van der Waals surface area contributed by atoms with Gasteiger partial charge in [0.2, 0.25) is 10.0 Å². The number of nitrogens with zero attached hydrogens (tertiary/aromatic N) is 2. The van der Waals surface area contributed by atoms with Gasteiger partial charge < -0.3 is 4.90 Å². The Kier molecular flexibility index (Phi) is 7.57. The molecule has 9 heteroatoms. The molecule has 30 heavy (non-hydrogen) atoms. The Morgan fingerprint density at radius 2 is 1.37 bits per heavy atom. The van der Waals surface area contributed by atoms with Crippen molar-refractivity contribution < 1.29 is 21.6 Å². The molecule has 0 saturated carbocycles. The molecular formula is C21H26N2O5S2. The standard InChI is InChI=1S/C21H26N2O5S2/c1-5-23(6-2)30(27,28)20-12-7-17(8-13-20)9-16-21(24)22(3)18-10-14-19(15-11-18)29(4,25)26/h7-16H,5-6H2,1-4H3/b16-9+. The maximum atomic E-state index is 12.5. The van der Waals surface area contributed by atoms with Gasteiger partial charge in [-0.2, -0.15) is 4.31 Å². The first-order valence-electron chi connectivity index (χ1n) is 9.36. The van der Waals surface area contributed by atoms with Gasteiger partial charge in [-0.3, -0.25) is 4.79 Å². The second kappa shape index (κ2) is 9.55. The molecule has 2 aromatic carbocycles. The zero-order chi connectivity index (χ0) is 22.5. The molecule has 0 aliphatic rings. The van der Waals surface area contributed by atoms with Gasteiger partial charge in [0.25, 0.3) is 5.91 Å². The monoisotopic (exact) mass is 450 g/mol. The van der Waals surface area contributed by atoms with E-state index in [9.17, 15) is 21.6 Å². The second-order valence-corrected chi connectivity index (χ2v) is 10.6. The molecule has 1 amide bonds. The van der Waals surface area contributed by atoms with E-state index in [2.05, 4.69) is 0 Å². The Hall–Kier alpha value is -2.49. The largest absolute Gasteiger partial charge is 0.312 e. The van der Waals surface area contributed by atoms with Crippen molar-refractivity contribution in [2.45, 2.75) is 23.6 Å². The number of hydrogen-bond donors (Lipinski definition) is 0. The maximum absolute atomic E-state index is 12.5. The smallest absolute Gasteiger partial charge is 0.250 e. The van der Waals surface area contributed by atoms with Crippen molar-refractivity contribution in [3.8, 4) is 0 Å². The number of anilines is 1. The van der Waals surface area contributed by atoms with Crippen molar-refractivity contribution in [2.24, 2.45) is 0 Å². The molecule has 0 saturated heterocycles. The van der Waals surface area contributed by atoms with Crippen LogP contribution >= 0.6 is 0 Å². The van der Waals surface area contributed by atoms with E-state index >= 15 is 0 Å². The minimum absolute atomic E-state index is 0.183. The Labute approximate surface area is 178 Å². The van der Waals surface area contributed by atoms with Gasteiger partial charge in [-0.25, -0.2) is 16.8 Å². The number of sulfonamides is 1. The number of hydrogen-bond acceptors (Lipinski definition) is 5. The van der Waals surface area contributed by atoms with E-state index in [4.69, 9.17) is 0 Å². The van der Waals surface area contributed by atoms with Crippen molar-refractivity contribution in [3.63, 3.8) is 0 Å². The average molecular weight is 451 g/mol. The molecule has 0 aromatic heterocycles. The van der Waals surface area contributed by atoms with Crippen LogP contribution in [-0.4, -0.2) is 53.4 Å². The van der Waals surface area contributed by atoms with Gasteiger partial charge in [-0.15, -0.1) is 0 Å². The summed E-state index contributed by atoms with van der Waals surface area (Å²) in [6.07, 6.45) is 4.09. The minimum atomic E-state index is -3.52. The van der Waals surface area contributed by atoms with E-state index in [1.165, 1.54) is 39.5 Å². The second-order valence-electron chi connectivity index (χ2n) is 6.66. The number of rotatable bonds is 8. The van der Waals surface area contributed by atoms with Crippen molar-refractivity contribution in [1.29, 1.82) is 0 Å². The first-order chi connectivity index (χ1) is 14.0. The van der Waals surface area contributed by atoms with Crippen molar-refractivity contribution >= 4 is 37.5 Å². The highest BCUT2D eigenvalue weighted by atomic mass is 32.2. The zero-order valence-corrected chi connectivity index (χ0v) is 19.1. The first-order valence-corrected chi connectivity index (χ1v) is 12.7. The van der Waals surface area contributed by atoms with Crippen LogP contribution in [0.4, 0.5) is 5.69 Å². The molecule has 0 aliphatic heterocycles. The van der Waals surface area contributed by atoms with E-state index in [1.807, 2.05) is 0 Å². The lowest BCUT2D eigenvalue weighted by Gasteiger charge is -2.18. The summed E-state index contributed by atoms with van der Waals surface area (Å²) in [5, 5.41) is 0. The fourth-order valence-electron chi connectivity index (χ4n) is 2.79. The minimum Gasteiger partial charge on any atom is -0.312 e. The molecule has 2 rings (SSSR count). The van der Waals surface area contributed by atoms with E-state index in [-0.39, 0.29) is 15.7 Å². The summed E-state index contributed by atoms with van der Waals surface area (Å²) in [7, 11) is -5.23. The quantitative estimate of drug-likeness (QED) is 0.577. The topological polar surface area (TPSA) is 91.8 Å². The molecule has 0 unspecified atom stereocenters.